The standard InChI is InChI=1S/C35H38N4O4/c1-24(2)36-18-20-37(21-19-36)35(41)31-17-14-27-23-39(30-13-9-8-12-26(30)22-38(27)31)34(40)29-16-15-28(25-10-6-5-7-11-25)32(42-3)33(29)43-4/h5-17,24H,18-23H2,1-4H3. The van der Waals surface area contributed by atoms with Crippen LogP contribution in [0.25, 0.3) is 11.1 Å². The maximum atomic E-state index is 14.4. The zero-order valence-corrected chi connectivity index (χ0v) is 25.2. The van der Waals surface area contributed by atoms with Crippen LogP contribution in [0.15, 0.2) is 78.9 Å². The largest absolute Gasteiger partial charge is 0.492 e. The number of carbonyl (C=O) groups excluding carboxylic acids is 2. The summed E-state index contributed by atoms with van der Waals surface area (Å²) in [7, 11) is 3.15. The highest BCUT2D eigenvalue weighted by Crippen LogP contribution is 2.42. The number of hydrogen-bond donors (Lipinski definition) is 0. The average Bonchev–Trinajstić information content (AvgIpc) is 3.36. The maximum absolute atomic E-state index is 14.4. The van der Waals surface area contributed by atoms with E-state index in [1.54, 1.807) is 19.1 Å². The molecule has 3 heterocycles. The number of carbonyl (C=O) groups is 2. The molecule has 0 radical (unpaired) electrons. The maximum Gasteiger partial charge on any atom is 0.270 e. The lowest BCUT2D eigenvalue weighted by molar-refractivity contribution is 0.0585. The van der Waals surface area contributed by atoms with Crippen molar-refractivity contribution in [2.24, 2.45) is 0 Å². The van der Waals surface area contributed by atoms with Gasteiger partial charge in [0.1, 0.15) is 5.69 Å². The molecule has 43 heavy (non-hydrogen) atoms. The lowest BCUT2D eigenvalue weighted by atomic mass is 10.0. The fraction of sp³-hybridized carbons (Fsp3) is 0.314. The van der Waals surface area contributed by atoms with E-state index in [0.717, 1.165) is 41.2 Å². The first-order chi connectivity index (χ1) is 20.9. The van der Waals surface area contributed by atoms with Gasteiger partial charge in [-0.1, -0.05) is 48.5 Å². The second-order valence-electron chi connectivity index (χ2n) is 11.3. The number of para-hydroxylation sites is 1. The monoisotopic (exact) mass is 578 g/mol. The first kappa shape index (κ1) is 28.6. The molecule has 0 spiro atoms. The van der Waals surface area contributed by atoms with Crippen molar-refractivity contribution in [1.29, 1.82) is 0 Å². The van der Waals surface area contributed by atoms with Gasteiger partial charge < -0.3 is 23.8 Å². The second-order valence-corrected chi connectivity index (χ2v) is 11.3. The van der Waals surface area contributed by atoms with Crippen molar-refractivity contribution < 1.29 is 19.1 Å². The lowest BCUT2D eigenvalue weighted by Gasteiger charge is -2.37. The van der Waals surface area contributed by atoms with Gasteiger partial charge in [-0.15, -0.1) is 0 Å². The van der Waals surface area contributed by atoms with E-state index < -0.39 is 0 Å². The van der Waals surface area contributed by atoms with Crippen molar-refractivity contribution in [1.82, 2.24) is 14.4 Å². The first-order valence-corrected chi connectivity index (χ1v) is 14.8. The first-order valence-electron chi connectivity index (χ1n) is 14.8. The van der Waals surface area contributed by atoms with Crippen molar-refractivity contribution in [3.05, 3.63) is 101 Å². The van der Waals surface area contributed by atoms with Gasteiger partial charge in [-0.05, 0) is 55.3 Å². The number of methoxy groups -OCH3 is 2. The summed E-state index contributed by atoms with van der Waals surface area (Å²) in [5, 5.41) is 0. The molecule has 2 aliphatic heterocycles. The van der Waals surface area contributed by atoms with E-state index in [1.165, 1.54) is 0 Å². The Kier molecular flexibility index (Phi) is 7.95. The van der Waals surface area contributed by atoms with Crippen LogP contribution >= 0.6 is 0 Å². The minimum Gasteiger partial charge on any atom is -0.492 e. The van der Waals surface area contributed by atoms with Gasteiger partial charge in [0.05, 0.1) is 32.9 Å². The molecule has 1 aromatic heterocycles. The van der Waals surface area contributed by atoms with Gasteiger partial charge in [0.25, 0.3) is 11.8 Å². The normalized spacial score (nSPS) is 15.1. The van der Waals surface area contributed by atoms with Crippen LogP contribution in [0.1, 0.15) is 46.0 Å². The van der Waals surface area contributed by atoms with Gasteiger partial charge in [0, 0.05) is 49.2 Å². The number of piperazine rings is 1. The van der Waals surface area contributed by atoms with Crippen molar-refractivity contribution in [2.45, 2.75) is 33.0 Å². The van der Waals surface area contributed by atoms with E-state index in [2.05, 4.69) is 23.3 Å². The van der Waals surface area contributed by atoms with Crippen LogP contribution in [-0.2, 0) is 13.1 Å². The van der Waals surface area contributed by atoms with Crippen molar-refractivity contribution in [2.75, 3.05) is 45.3 Å². The molecule has 0 aliphatic carbocycles. The van der Waals surface area contributed by atoms with Gasteiger partial charge in [-0.2, -0.15) is 0 Å². The number of rotatable bonds is 6. The van der Waals surface area contributed by atoms with Crippen LogP contribution in [0.5, 0.6) is 11.5 Å². The van der Waals surface area contributed by atoms with Gasteiger partial charge in [0.2, 0.25) is 0 Å². The van der Waals surface area contributed by atoms with E-state index in [1.807, 2.05) is 83.8 Å². The number of nitrogens with zero attached hydrogens (tertiary/aromatic N) is 4. The molecule has 3 aromatic carbocycles. The van der Waals surface area contributed by atoms with Crippen LogP contribution in [-0.4, -0.2) is 72.6 Å². The fourth-order valence-electron chi connectivity index (χ4n) is 6.26. The SMILES string of the molecule is COc1c(C(=O)N2Cc3ccc(C(=O)N4CCN(C(C)C)CC4)n3Cc3ccccc32)ccc(-c2ccccc2)c1OC. The van der Waals surface area contributed by atoms with E-state index in [9.17, 15) is 9.59 Å². The number of fused-ring (bicyclic) bond motifs is 2. The molecular weight excluding hydrogens is 540 g/mol. The molecule has 8 nitrogen and oxygen atoms in total. The third-order valence-electron chi connectivity index (χ3n) is 8.63. The molecule has 222 valence electrons. The van der Waals surface area contributed by atoms with Crippen LogP contribution in [0.3, 0.4) is 0 Å². The second kappa shape index (κ2) is 12.0. The lowest BCUT2D eigenvalue weighted by Crippen LogP contribution is -2.51. The molecule has 0 bridgehead atoms. The molecule has 8 heteroatoms. The summed E-state index contributed by atoms with van der Waals surface area (Å²) in [4.78, 5) is 34.3. The predicted molar refractivity (Wildman–Crippen MR) is 168 cm³/mol. The van der Waals surface area contributed by atoms with Crippen LogP contribution in [0.2, 0.25) is 0 Å². The number of amides is 2. The molecule has 0 atom stereocenters. The predicted octanol–water partition coefficient (Wildman–Crippen LogP) is 5.55. The Morgan fingerprint density at radius 1 is 0.721 bits per heavy atom. The Labute approximate surface area is 253 Å². The molecule has 1 fully saturated rings. The van der Waals surface area contributed by atoms with E-state index >= 15 is 0 Å². The Bertz CT molecular complexity index is 1640. The minimum absolute atomic E-state index is 0.0369. The van der Waals surface area contributed by atoms with Crippen LogP contribution in [0.4, 0.5) is 5.69 Å². The summed E-state index contributed by atoms with van der Waals surface area (Å²) >= 11 is 0. The Morgan fingerprint density at radius 3 is 2.12 bits per heavy atom. The molecule has 6 rings (SSSR count). The number of ether oxygens (including phenoxy) is 2. The summed E-state index contributed by atoms with van der Waals surface area (Å²) in [6.45, 7) is 8.36. The molecule has 0 unspecified atom stereocenters. The third kappa shape index (κ3) is 5.27. The van der Waals surface area contributed by atoms with Crippen molar-refractivity contribution >= 4 is 17.5 Å². The van der Waals surface area contributed by atoms with Gasteiger partial charge in [0.15, 0.2) is 11.5 Å². The quantitative estimate of drug-likeness (QED) is 0.300. The van der Waals surface area contributed by atoms with Gasteiger partial charge in [-0.25, -0.2) is 0 Å². The molecule has 0 saturated carbocycles. The summed E-state index contributed by atoms with van der Waals surface area (Å²) in [5.41, 5.74) is 5.57. The van der Waals surface area contributed by atoms with Gasteiger partial charge in [-0.3, -0.25) is 14.5 Å². The van der Waals surface area contributed by atoms with E-state index in [4.69, 9.17) is 9.47 Å². The highest BCUT2D eigenvalue weighted by molar-refractivity contribution is 6.09. The molecule has 4 aromatic rings. The summed E-state index contributed by atoms with van der Waals surface area (Å²) in [6, 6.07) is 25.9. The Hall–Kier alpha value is -4.56. The highest BCUT2D eigenvalue weighted by Gasteiger charge is 2.32. The molecule has 2 amide bonds. The number of benzene rings is 3. The molecular formula is C35H38N4O4. The topological polar surface area (TPSA) is 67.2 Å². The highest BCUT2D eigenvalue weighted by atomic mass is 16.5. The number of anilines is 1. The summed E-state index contributed by atoms with van der Waals surface area (Å²) < 4.78 is 13.7. The van der Waals surface area contributed by atoms with Gasteiger partial charge >= 0.3 is 0 Å². The minimum atomic E-state index is -0.199. The van der Waals surface area contributed by atoms with E-state index in [-0.39, 0.29) is 11.8 Å². The third-order valence-corrected chi connectivity index (χ3v) is 8.63. The molecule has 1 saturated heterocycles. The van der Waals surface area contributed by atoms with Crippen LogP contribution < -0.4 is 14.4 Å². The van der Waals surface area contributed by atoms with E-state index in [0.29, 0.717) is 55.0 Å². The van der Waals surface area contributed by atoms with Crippen molar-refractivity contribution in [3.63, 3.8) is 0 Å². The number of aromatic nitrogens is 1. The molecule has 0 N–H and O–H groups in total. The summed E-state index contributed by atoms with van der Waals surface area (Å²) in [5.74, 6) is 0.739. The van der Waals surface area contributed by atoms with Crippen LogP contribution in [0, 0.1) is 0 Å². The average molecular weight is 579 g/mol. The van der Waals surface area contributed by atoms with Crippen molar-refractivity contribution in [3.8, 4) is 22.6 Å². The molecule has 2 aliphatic rings. The zero-order valence-electron chi connectivity index (χ0n) is 25.2. The fourth-order valence-corrected chi connectivity index (χ4v) is 6.26. The Morgan fingerprint density at radius 2 is 1.42 bits per heavy atom. The Balaban J connectivity index is 1.35. The zero-order chi connectivity index (χ0) is 30.1. The number of hydrogen-bond acceptors (Lipinski definition) is 5. The smallest absolute Gasteiger partial charge is 0.270 e. The summed E-state index contributed by atoms with van der Waals surface area (Å²) in [6.07, 6.45) is 0.